The third kappa shape index (κ3) is 4.63. The number of aromatic nitrogens is 3. The SMILES string of the molecule is Cc1c(/C=C/C(=O)Nc2ccccc2C(=O)Nc2ccc(Cl)cn2)cnn1C. The quantitative estimate of drug-likeness (QED) is 0.645. The number of amides is 2. The minimum absolute atomic E-state index is 0.318. The number of nitrogens with zero attached hydrogens (tertiary/aromatic N) is 3. The Labute approximate surface area is 167 Å². The highest BCUT2D eigenvalue weighted by molar-refractivity contribution is 6.30. The Balaban J connectivity index is 1.72. The van der Waals surface area contributed by atoms with Crippen molar-refractivity contribution in [2.45, 2.75) is 6.92 Å². The van der Waals surface area contributed by atoms with E-state index in [9.17, 15) is 9.59 Å². The molecule has 0 aliphatic heterocycles. The summed E-state index contributed by atoms with van der Waals surface area (Å²) in [4.78, 5) is 28.9. The highest BCUT2D eigenvalue weighted by Gasteiger charge is 2.13. The summed E-state index contributed by atoms with van der Waals surface area (Å²) in [6.07, 6.45) is 6.20. The Morgan fingerprint density at radius 2 is 1.89 bits per heavy atom. The van der Waals surface area contributed by atoms with Crippen LogP contribution in [-0.4, -0.2) is 26.6 Å². The Hall–Kier alpha value is -3.45. The summed E-state index contributed by atoms with van der Waals surface area (Å²) >= 11 is 5.80. The number of rotatable bonds is 5. The van der Waals surface area contributed by atoms with Crippen molar-refractivity contribution in [1.29, 1.82) is 0 Å². The number of anilines is 2. The van der Waals surface area contributed by atoms with Crippen molar-refractivity contribution in [1.82, 2.24) is 14.8 Å². The third-order valence-corrected chi connectivity index (χ3v) is 4.31. The van der Waals surface area contributed by atoms with Gasteiger partial charge in [0.15, 0.2) is 0 Å². The van der Waals surface area contributed by atoms with Crippen molar-refractivity contribution in [2.75, 3.05) is 10.6 Å². The molecule has 0 spiro atoms. The van der Waals surface area contributed by atoms with Gasteiger partial charge in [-0.3, -0.25) is 14.3 Å². The number of para-hydroxylation sites is 1. The Kier molecular flexibility index (Phi) is 5.86. The molecule has 0 saturated heterocycles. The van der Waals surface area contributed by atoms with Crippen LogP contribution in [0, 0.1) is 6.92 Å². The van der Waals surface area contributed by atoms with Gasteiger partial charge in [0.2, 0.25) is 5.91 Å². The fourth-order valence-electron chi connectivity index (χ4n) is 2.44. The van der Waals surface area contributed by atoms with E-state index in [1.165, 1.54) is 12.3 Å². The van der Waals surface area contributed by atoms with Gasteiger partial charge in [-0.05, 0) is 37.3 Å². The second-order valence-corrected chi connectivity index (χ2v) is 6.43. The standard InChI is InChI=1S/C20H18ClN5O2/c1-13-14(11-23-26(13)2)7-10-19(27)24-17-6-4-3-5-16(17)20(28)25-18-9-8-15(21)12-22-18/h3-12H,1-2H3,(H,24,27)(H,22,25,28)/b10-7+. The lowest BCUT2D eigenvalue weighted by Crippen LogP contribution is -2.17. The van der Waals surface area contributed by atoms with Crippen LogP contribution in [0.15, 0.2) is 54.9 Å². The first kappa shape index (κ1) is 19.3. The molecule has 1 aromatic carbocycles. The normalized spacial score (nSPS) is 10.8. The maximum atomic E-state index is 12.6. The molecule has 3 aromatic rings. The van der Waals surface area contributed by atoms with E-state index in [-0.39, 0.29) is 5.91 Å². The lowest BCUT2D eigenvalue weighted by atomic mass is 10.1. The fourth-order valence-corrected chi connectivity index (χ4v) is 2.55. The van der Waals surface area contributed by atoms with Crippen LogP contribution in [0.3, 0.4) is 0 Å². The van der Waals surface area contributed by atoms with Gasteiger partial charge >= 0.3 is 0 Å². The van der Waals surface area contributed by atoms with Crippen molar-refractivity contribution < 1.29 is 9.59 Å². The number of carbonyl (C=O) groups is 2. The van der Waals surface area contributed by atoms with Crippen LogP contribution in [0.4, 0.5) is 11.5 Å². The summed E-state index contributed by atoms with van der Waals surface area (Å²) in [5.74, 6) is -0.381. The summed E-state index contributed by atoms with van der Waals surface area (Å²) < 4.78 is 1.72. The number of halogens is 1. The van der Waals surface area contributed by atoms with Gasteiger partial charge in [-0.25, -0.2) is 4.98 Å². The zero-order chi connectivity index (χ0) is 20.1. The smallest absolute Gasteiger partial charge is 0.258 e. The molecule has 0 fully saturated rings. The Morgan fingerprint density at radius 1 is 1.11 bits per heavy atom. The Morgan fingerprint density at radius 3 is 2.57 bits per heavy atom. The van der Waals surface area contributed by atoms with Crippen molar-refractivity contribution in [3.8, 4) is 0 Å². The largest absolute Gasteiger partial charge is 0.322 e. The summed E-state index contributed by atoms with van der Waals surface area (Å²) in [5.41, 5.74) is 2.50. The summed E-state index contributed by atoms with van der Waals surface area (Å²) in [7, 11) is 1.83. The Bertz CT molecular complexity index is 1040. The molecular weight excluding hydrogens is 378 g/mol. The van der Waals surface area contributed by atoms with Gasteiger partial charge in [-0.1, -0.05) is 23.7 Å². The molecule has 0 aliphatic rings. The molecule has 0 aliphatic carbocycles. The molecule has 3 rings (SSSR count). The molecule has 8 heteroatoms. The van der Waals surface area contributed by atoms with E-state index < -0.39 is 5.91 Å². The predicted molar refractivity (Wildman–Crippen MR) is 109 cm³/mol. The second-order valence-electron chi connectivity index (χ2n) is 5.99. The summed E-state index contributed by atoms with van der Waals surface area (Å²) in [6.45, 7) is 1.91. The van der Waals surface area contributed by atoms with Crippen LogP contribution in [0.5, 0.6) is 0 Å². The molecule has 0 unspecified atom stereocenters. The third-order valence-electron chi connectivity index (χ3n) is 4.09. The van der Waals surface area contributed by atoms with E-state index in [0.717, 1.165) is 11.3 Å². The number of carbonyl (C=O) groups excluding carboxylic acids is 2. The maximum absolute atomic E-state index is 12.6. The zero-order valence-corrected chi connectivity index (χ0v) is 16.1. The molecule has 0 radical (unpaired) electrons. The number of pyridine rings is 1. The first-order valence-corrected chi connectivity index (χ1v) is 8.81. The van der Waals surface area contributed by atoms with Gasteiger partial charge in [0, 0.05) is 30.6 Å². The van der Waals surface area contributed by atoms with Crippen LogP contribution in [-0.2, 0) is 11.8 Å². The van der Waals surface area contributed by atoms with E-state index in [2.05, 4.69) is 20.7 Å². The van der Waals surface area contributed by atoms with Crippen LogP contribution in [0.2, 0.25) is 5.02 Å². The van der Waals surface area contributed by atoms with Crippen LogP contribution < -0.4 is 10.6 Å². The van der Waals surface area contributed by atoms with Gasteiger partial charge in [-0.15, -0.1) is 0 Å². The van der Waals surface area contributed by atoms with Gasteiger partial charge in [0.1, 0.15) is 5.82 Å². The number of aryl methyl sites for hydroxylation is 1. The fraction of sp³-hybridized carbons (Fsp3) is 0.100. The molecule has 7 nitrogen and oxygen atoms in total. The molecule has 28 heavy (non-hydrogen) atoms. The molecule has 2 N–H and O–H groups in total. The maximum Gasteiger partial charge on any atom is 0.258 e. The first-order valence-electron chi connectivity index (χ1n) is 8.43. The van der Waals surface area contributed by atoms with Gasteiger partial charge in [-0.2, -0.15) is 5.10 Å². The topological polar surface area (TPSA) is 88.9 Å². The zero-order valence-electron chi connectivity index (χ0n) is 15.3. The summed E-state index contributed by atoms with van der Waals surface area (Å²) in [5, 5.41) is 10.0. The van der Waals surface area contributed by atoms with Gasteiger partial charge in [0.05, 0.1) is 22.5 Å². The van der Waals surface area contributed by atoms with Gasteiger partial charge in [0.25, 0.3) is 5.91 Å². The lowest BCUT2D eigenvalue weighted by molar-refractivity contribution is -0.111. The van der Waals surface area contributed by atoms with E-state index >= 15 is 0 Å². The minimum Gasteiger partial charge on any atom is -0.322 e. The molecule has 0 bridgehead atoms. The van der Waals surface area contributed by atoms with Crippen molar-refractivity contribution in [2.24, 2.45) is 7.05 Å². The summed E-state index contributed by atoms with van der Waals surface area (Å²) in [6, 6.07) is 9.96. The first-order chi connectivity index (χ1) is 13.4. The monoisotopic (exact) mass is 395 g/mol. The van der Waals surface area contributed by atoms with Crippen molar-refractivity contribution in [3.63, 3.8) is 0 Å². The van der Waals surface area contributed by atoms with Crippen LogP contribution in [0.25, 0.3) is 6.08 Å². The molecule has 2 amide bonds. The highest BCUT2D eigenvalue weighted by atomic mass is 35.5. The molecule has 0 saturated carbocycles. The number of benzene rings is 1. The van der Waals surface area contributed by atoms with E-state index in [1.807, 2.05) is 14.0 Å². The van der Waals surface area contributed by atoms with E-state index in [1.54, 1.807) is 53.4 Å². The average Bonchev–Trinajstić information content (AvgIpc) is 3.00. The van der Waals surface area contributed by atoms with Gasteiger partial charge < -0.3 is 10.6 Å². The number of hydrogen-bond acceptors (Lipinski definition) is 4. The molecule has 2 aromatic heterocycles. The number of nitrogens with one attached hydrogen (secondary N) is 2. The second kappa shape index (κ2) is 8.49. The molecule has 142 valence electrons. The van der Waals surface area contributed by atoms with Crippen LogP contribution in [0.1, 0.15) is 21.6 Å². The molecular formula is C20H18ClN5O2. The predicted octanol–water partition coefficient (Wildman–Crippen LogP) is 3.68. The molecule has 0 atom stereocenters. The van der Waals surface area contributed by atoms with E-state index in [0.29, 0.717) is 22.1 Å². The minimum atomic E-state index is -0.391. The van der Waals surface area contributed by atoms with Crippen molar-refractivity contribution >= 4 is 41.0 Å². The van der Waals surface area contributed by atoms with E-state index in [4.69, 9.17) is 11.6 Å². The average molecular weight is 396 g/mol. The van der Waals surface area contributed by atoms with Crippen molar-refractivity contribution in [3.05, 3.63) is 76.7 Å². The molecule has 2 heterocycles. The van der Waals surface area contributed by atoms with Crippen LogP contribution >= 0.6 is 11.6 Å². The number of hydrogen-bond donors (Lipinski definition) is 2. The highest BCUT2D eigenvalue weighted by Crippen LogP contribution is 2.18. The lowest BCUT2D eigenvalue weighted by Gasteiger charge is -2.10.